The van der Waals surface area contributed by atoms with Gasteiger partial charge in [-0.1, -0.05) is 25.5 Å². The van der Waals surface area contributed by atoms with E-state index >= 15 is 0 Å². The van der Waals surface area contributed by atoms with Gasteiger partial charge in [0, 0.05) is 30.1 Å². The fraction of sp³-hybridized carbons (Fsp3) is 0.500. The van der Waals surface area contributed by atoms with Crippen molar-refractivity contribution in [2.24, 2.45) is 0 Å². The molecule has 1 unspecified atom stereocenters. The normalized spacial score (nSPS) is 16.2. The molecule has 1 heterocycles. The number of hydrogen-bond donors (Lipinski definition) is 0. The van der Waals surface area contributed by atoms with E-state index in [1.54, 1.807) is 37.8 Å². The zero-order chi connectivity index (χ0) is 24.5. The van der Waals surface area contributed by atoms with Gasteiger partial charge in [0.1, 0.15) is 6.73 Å². The van der Waals surface area contributed by atoms with Crippen molar-refractivity contribution >= 4 is 17.6 Å². The van der Waals surface area contributed by atoms with Gasteiger partial charge in [0.05, 0.1) is 35.2 Å². The van der Waals surface area contributed by atoms with Crippen LogP contribution in [-0.4, -0.2) is 48.3 Å². The van der Waals surface area contributed by atoms with Gasteiger partial charge in [0.15, 0.2) is 0 Å². The van der Waals surface area contributed by atoms with Gasteiger partial charge in [-0.3, -0.25) is 10.1 Å². The first-order valence-corrected chi connectivity index (χ1v) is 11.2. The summed E-state index contributed by atoms with van der Waals surface area (Å²) in [6, 6.07) is 5.97. The smallest absolute Gasteiger partial charge is 0.336 e. The molecule has 0 saturated carbocycles. The number of nitrogens with zero attached hydrogens (tertiary/aromatic N) is 2. The average molecular weight is 461 g/mol. The lowest BCUT2D eigenvalue weighted by Crippen LogP contribution is -2.37. The van der Waals surface area contributed by atoms with Crippen molar-refractivity contribution in [2.75, 3.05) is 26.6 Å². The molecule has 0 spiro atoms. The van der Waals surface area contributed by atoms with Crippen LogP contribution in [0.5, 0.6) is 0 Å². The molecule has 9 heteroatoms. The largest absolute Gasteiger partial charge is 0.463 e. The summed E-state index contributed by atoms with van der Waals surface area (Å²) < 4.78 is 16.4. The highest BCUT2D eigenvalue weighted by Gasteiger charge is 2.41. The van der Waals surface area contributed by atoms with Gasteiger partial charge in [0.25, 0.3) is 5.69 Å². The van der Waals surface area contributed by atoms with E-state index in [1.165, 1.54) is 12.1 Å². The standard InChI is InChI=1S/C24H32N2O7/c1-6-11-19-22(24(28)33-9-4)21(17-12-10-13-18(14-17)26(29)30)20(23(27)32-8-3)16(5)25(19)15-31-7-2/h10,12-14,21H,6-9,11,15H2,1-5H3. The molecule has 0 amide bonds. The third-order valence-corrected chi connectivity index (χ3v) is 5.33. The zero-order valence-electron chi connectivity index (χ0n) is 19.9. The third-order valence-electron chi connectivity index (χ3n) is 5.33. The summed E-state index contributed by atoms with van der Waals surface area (Å²) in [7, 11) is 0. The van der Waals surface area contributed by atoms with Crippen LogP contribution in [-0.2, 0) is 23.8 Å². The molecule has 0 aromatic heterocycles. The number of ether oxygens (including phenoxy) is 3. The highest BCUT2D eigenvalue weighted by molar-refractivity contribution is 6.00. The van der Waals surface area contributed by atoms with Crippen molar-refractivity contribution in [2.45, 2.75) is 53.4 Å². The molecule has 0 bridgehead atoms. The fourth-order valence-corrected chi connectivity index (χ4v) is 3.95. The van der Waals surface area contributed by atoms with Crippen LogP contribution in [0.15, 0.2) is 46.8 Å². The highest BCUT2D eigenvalue weighted by Crippen LogP contribution is 2.44. The summed E-state index contributed by atoms with van der Waals surface area (Å²) in [4.78, 5) is 39.2. The Morgan fingerprint density at radius 2 is 1.67 bits per heavy atom. The Hall–Kier alpha value is -3.20. The third kappa shape index (κ3) is 5.78. The molecule has 0 saturated heterocycles. The van der Waals surface area contributed by atoms with Crippen LogP contribution in [0.4, 0.5) is 5.69 Å². The second-order valence-electron chi connectivity index (χ2n) is 7.39. The summed E-state index contributed by atoms with van der Waals surface area (Å²) in [6.07, 6.45) is 1.25. The first-order valence-electron chi connectivity index (χ1n) is 11.2. The number of nitro benzene ring substituents is 1. The van der Waals surface area contributed by atoms with E-state index in [4.69, 9.17) is 14.2 Å². The van der Waals surface area contributed by atoms with Crippen molar-refractivity contribution in [1.82, 2.24) is 4.90 Å². The molecule has 0 aliphatic carbocycles. The molecule has 0 radical (unpaired) electrons. The minimum absolute atomic E-state index is 0.134. The Kier molecular flexibility index (Phi) is 9.59. The molecule has 0 N–H and O–H groups in total. The molecule has 33 heavy (non-hydrogen) atoms. The molecule has 1 atom stereocenters. The number of benzene rings is 1. The molecule has 1 aromatic rings. The maximum atomic E-state index is 13.3. The highest BCUT2D eigenvalue weighted by atomic mass is 16.6. The molecule has 0 fully saturated rings. The van der Waals surface area contributed by atoms with Crippen molar-refractivity contribution in [3.05, 3.63) is 62.5 Å². The van der Waals surface area contributed by atoms with E-state index in [9.17, 15) is 19.7 Å². The number of esters is 2. The molecule has 1 aromatic carbocycles. The molecule has 9 nitrogen and oxygen atoms in total. The lowest BCUT2D eigenvalue weighted by atomic mass is 9.79. The molecule has 2 rings (SSSR count). The quantitative estimate of drug-likeness (QED) is 0.271. The van der Waals surface area contributed by atoms with Gasteiger partial charge >= 0.3 is 11.9 Å². The lowest BCUT2D eigenvalue weighted by Gasteiger charge is -2.38. The molecule has 180 valence electrons. The molecular weight excluding hydrogens is 428 g/mol. The van der Waals surface area contributed by atoms with Gasteiger partial charge < -0.3 is 19.1 Å². The summed E-state index contributed by atoms with van der Waals surface area (Å²) >= 11 is 0. The second kappa shape index (κ2) is 12.2. The van der Waals surface area contributed by atoms with E-state index in [0.717, 1.165) is 6.42 Å². The van der Waals surface area contributed by atoms with Crippen molar-refractivity contribution in [3.63, 3.8) is 0 Å². The lowest BCUT2D eigenvalue weighted by molar-refractivity contribution is -0.384. The number of rotatable bonds is 11. The summed E-state index contributed by atoms with van der Waals surface area (Å²) in [5.74, 6) is -2.04. The maximum Gasteiger partial charge on any atom is 0.336 e. The van der Waals surface area contributed by atoms with Gasteiger partial charge in [0.2, 0.25) is 0 Å². The molecule has 1 aliphatic rings. The average Bonchev–Trinajstić information content (AvgIpc) is 2.78. The van der Waals surface area contributed by atoms with Crippen LogP contribution in [0.3, 0.4) is 0 Å². The number of non-ortho nitro benzene ring substituents is 1. The first kappa shape index (κ1) is 26.1. The minimum atomic E-state index is -0.873. The number of carbonyl (C=O) groups excluding carboxylic acids is 2. The first-order chi connectivity index (χ1) is 15.8. The Labute approximate surface area is 194 Å². The maximum absolute atomic E-state index is 13.3. The van der Waals surface area contributed by atoms with Crippen LogP contribution in [0.25, 0.3) is 0 Å². The Morgan fingerprint density at radius 1 is 1.03 bits per heavy atom. The topological polar surface area (TPSA) is 108 Å². The monoisotopic (exact) mass is 460 g/mol. The fourth-order valence-electron chi connectivity index (χ4n) is 3.95. The van der Waals surface area contributed by atoms with Crippen molar-refractivity contribution in [3.8, 4) is 0 Å². The Morgan fingerprint density at radius 3 is 2.21 bits per heavy atom. The van der Waals surface area contributed by atoms with E-state index in [-0.39, 0.29) is 36.8 Å². The minimum Gasteiger partial charge on any atom is -0.463 e. The van der Waals surface area contributed by atoms with Crippen LogP contribution in [0, 0.1) is 10.1 Å². The van der Waals surface area contributed by atoms with Crippen LogP contribution in [0.2, 0.25) is 0 Å². The van der Waals surface area contributed by atoms with Gasteiger partial charge in [-0.05, 0) is 39.7 Å². The number of hydrogen-bond acceptors (Lipinski definition) is 8. The summed E-state index contributed by atoms with van der Waals surface area (Å²) in [5.41, 5.74) is 2.07. The Balaban J connectivity index is 2.87. The molecule has 1 aliphatic heterocycles. The van der Waals surface area contributed by atoms with Crippen LogP contribution in [0.1, 0.15) is 58.9 Å². The van der Waals surface area contributed by atoms with Crippen molar-refractivity contribution in [1.29, 1.82) is 0 Å². The van der Waals surface area contributed by atoms with Gasteiger partial charge in [-0.25, -0.2) is 9.59 Å². The van der Waals surface area contributed by atoms with E-state index < -0.39 is 22.8 Å². The summed E-state index contributed by atoms with van der Waals surface area (Å²) in [6.45, 7) is 9.89. The van der Waals surface area contributed by atoms with Crippen LogP contribution >= 0.6 is 0 Å². The molecular formula is C24H32N2O7. The van der Waals surface area contributed by atoms with Gasteiger partial charge in [-0.2, -0.15) is 0 Å². The Bertz CT molecular complexity index is 952. The second-order valence-corrected chi connectivity index (χ2v) is 7.39. The van der Waals surface area contributed by atoms with Gasteiger partial charge in [-0.15, -0.1) is 0 Å². The van der Waals surface area contributed by atoms with E-state index in [1.807, 2.05) is 13.8 Å². The zero-order valence-corrected chi connectivity index (χ0v) is 19.9. The van der Waals surface area contributed by atoms with Crippen molar-refractivity contribution < 1.29 is 28.7 Å². The SMILES string of the molecule is CCCC1=C(C(=O)OCC)C(c2cccc([N+](=O)[O-])c2)C(C(=O)OCC)=C(C)N1COCC. The predicted molar refractivity (Wildman–Crippen MR) is 122 cm³/mol. The predicted octanol–water partition coefficient (Wildman–Crippen LogP) is 4.44. The van der Waals surface area contributed by atoms with E-state index in [2.05, 4.69) is 0 Å². The van der Waals surface area contributed by atoms with Crippen LogP contribution < -0.4 is 0 Å². The number of nitro groups is 1. The summed E-state index contributed by atoms with van der Waals surface area (Å²) in [5, 5.41) is 11.4. The number of carbonyl (C=O) groups is 2. The number of allylic oxidation sites excluding steroid dienone is 2. The van der Waals surface area contributed by atoms with E-state index in [0.29, 0.717) is 30.0 Å².